The minimum atomic E-state index is -0.610. The molecule has 1 atom stereocenters. The van der Waals surface area contributed by atoms with Crippen molar-refractivity contribution in [1.82, 2.24) is 10.9 Å². The number of rotatable bonds is 4. The number of carbonyl (C=O) groups is 2. The lowest BCUT2D eigenvalue weighted by atomic mass is 10.0. The minimum Gasteiger partial charge on any atom is -0.320 e. The van der Waals surface area contributed by atoms with Crippen molar-refractivity contribution in [2.24, 2.45) is 11.7 Å². The normalized spacial score (nSPS) is 12.0. The maximum atomic E-state index is 11.6. The average Bonchev–Trinajstić information content (AvgIpc) is 2.35. The van der Waals surface area contributed by atoms with Crippen LogP contribution >= 0.6 is 0 Å². The van der Waals surface area contributed by atoms with E-state index in [0.29, 0.717) is 17.9 Å². The highest BCUT2D eigenvalue weighted by Gasteiger charge is 2.15. The van der Waals surface area contributed by atoms with Gasteiger partial charge in [0.25, 0.3) is 11.8 Å². The van der Waals surface area contributed by atoms with Gasteiger partial charge in [-0.25, -0.2) is 0 Å². The molecule has 0 aliphatic carbocycles. The smallest absolute Gasteiger partial charge is 0.269 e. The molecule has 0 aliphatic rings. The lowest BCUT2D eigenvalue weighted by Gasteiger charge is -2.14. The molecule has 0 saturated carbocycles. The highest BCUT2D eigenvalue weighted by molar-refractivity contribution is 5.95. The fraction of sp³-hybridized carbons (Fsp3) is 0.385. The van der Waals surface area contributed by atoms with Crippen LogP contribution in [-0.2, 0) is 4.79 Å². The van der Waals surface area contributed by atoms with Crippen LogP contribution in [-0.4, -0.2) is 17.9 Å². The second-order valence-electron chi connectivity index (χ2n) is 4.55. The lowest BCUT2D eigenvalue weighted by molar-refractivity contribution is -0.123. The molecule has 0 saturated heterocycles. The van der Waals surface area contributed by atoms with E-state index in [1.807, 2.05) is 19.9 Å². The van der Waals surface area contributed by atoms with Crippen molar-refractivity contribution in [1.29, 1.82) is 0 Å². The van der Waals surface area contributed by atoms with Crippen molar-refractivity contribution < 1.29 is 9.59 Å². The Bertz CT molecular complexity index is 404. The summed E-state index contributed by atoms with van der Waals surface area (Å²) in [5.74, 6) is -0.413. The van der Waals surface area contributed by atoms with Gasteiger partial charge in [-0.3, -0.25) is 20.4 Å². The zero-order valence-corrected chi connectivity index (χ0v) is 10.6. The fourth-order valence-electron chi connectivity index (χ4n) is 1.49. The number of amides is 2. The summed E-state index contributed by atoms with van der Waals surface area (Å²) >= 11 is 0. The van der Waals surface area contributed by atoms with Crippen LogP contribution in [0.4, 0.5) is 0 Å². The summed E-state index contributed by atoms with van der Waals surface area (Å²) in [5.41, 5.74) is 10.8. The van der Waals surface area contributed by atoms with Gasteiger partial charge in [0.1, 0.15) is 0 Å². The van der Waals surface area contributed by atoms with E-state index in [1.165, 1.54) is 0 Å². The van der Waals surface area contributed by atoms with Gasteiger partial charge in [0.2, 0.25) is 0 Å². The van der Waals surface area contributed by atoms with E-state index in [-0.39, 0.29) is 11.8 Å². The molecule has 5 nitrogen and oxygen atoms in total. The second-order valence-corrected chi connectivity index (χ2v) is 4.55. The Labute approximate surface area is 107 Å². The zero-order chi connectivity index (χ0) is 13.5. The average molecular weight is 249 g/mol. The van der Waals surface area contributed by atoms with Gasteiger partial charge in [-0.05, 0) is 24.5 Å². The number of hydrazine groups is 1. The fourth-order valence-corrected chi connectivity index (χ4v) is 1.49. The van der Waals surface area contributed by atoms with Gasteiger partial charge in [-0.1, -0.05) is 32.0 Å². The molecule has 0 spiro atoms. The van der Waals surface area contributed by atoms with Crippen molar-refractivity contribution in [2.45, 2.75) is 26.3 Å². The van der Waals surface area contributed by atoms with E-state index in [1.54, 1.807) is 24.3 Å². The first-order valence-electron chi connectivity index (χ1n) is 5.91. The van der Waals surface area contributed by atoms with Gasteiger partial charge in [0.15, 0.2) is 0 Å². The molecule has 0 aromatic heterocycles. The Hall–Kier alpha value is -1.88. The highest BCUT2D eigenvalue weighted by Crippen LogP contribution is 2.02. The van der Waals surface area contributed by atoms with Crippen molar-refractivity contribution in [3.63, 3.8) is 0 Å². The molecule has 1 aromatic carbocycles. The Morgan fingerprint density at radius 3 is 2.33 bits per heavy atom. The van der Waals surface area contributed by atoms with Crippen LogP contribution in [0.1, 0.15) is 30.6 Å². The molecular formula is C13H19N3O2. The molecule has 4 N–H and O–H groups in total. The molecular weight excluding hydrogens is 230 g/mol. The largest absolute Gasteiger partial charge is 0.320 e. The van der Waals surface area contributed by atoms with Crippen molar-refractivity contribution in [2.75, 3.05) is 0 Å². The number of hydrogen-bond donors (Lipinski definition) is 3. The maximum Gasteiger partial charge on any atom is 0.269 e. The SMILES string of the molecule is CC(C)CC(N)C(=O)NNC(=O)c1ccccc1. The van der Waals surface area contributed by atoms with Crippen LogP contribution in [0.3, 0.4) is 0 Å². The summed E-state index contributed by atoms with van der Waals surface area (Å²) in [6.07, 6.45) is 0.576. The predicted octanol–water partition coefficient (Wildman–Crippen LogP) is 0.821. The summed E-state index contributed by atoms with van der Waals surface area (Å²) in [4.78, 5) is 23.2. The van der Waals surface area contributed by atoms with Gasteiger partial charge in [-0.15, -0.1) is 0 Å². The molecule has 98 valence electrons. The summed E-state index contributed by atoms with van der Waals surface area (Å²) in [6, 6.07) is 8.03. The molecule has 5 heteroatoms. The number of carbonyl (C=O) groups excluding carboxylic acids is 2. The first-order valence-corrected chi connectivity index (χ1v) is 5.91. The summed E-state index contributed by atoms with van der Waals surface area (Å²) in [5, 5.41) is 0. The van der Waals surface area contributed by atoms with Crippen LogP contribution in [0.15, 0.2) is 30.3 Å². The molecule has 1 rings (SSSR count). The summed E-state index contributed by atoms with van der Waals surface area (Å²) in [7, 11) is 0. The van der Waals surface area contributed by atoms with E-state index >= 15 is 0 Å². The van der Waals surface area contributed by atoms with Crippen LogP contribution in [0.2, 0.25) is 0 Å². The monoisotopic (exact) mass is 249 g/mol. The minimum absolute atomic E-state index is 0.329. The zero-order valence-electron chi connectivity index (χ0n) is 10.6. The van der Waals surface area contributed by atoms with Crippen molar-refractivity contribution in [3.05, 3.63) is 35.9 Å². The number of hydrogen-bond acceptors (Lipinski definition) is 3. The van der Waals surface area contributed by atoms with Crippen LogP contribution in [0.5, 0.6) is 0 Å². The van der Waals surface area contributed by atoms with E-state index in [0.717, 1.165) is 0 Å². The van der Waals surface area contributed by atoms with Gasteiger partial charge in [0, 0.05) is 5.56 Å². The molecule has 2 amide bonds. The number of nitrogens with one attached hydrogen (secondary N) is 2. The van der Waals surface area contributed by atoms with Crippen LogP contribution < -0.4 is 16.6 Å². The topological polar surface area (TPSA) is 84.2 Å². The molecule has 0 heterocycles. The van der Waals surface area contributed by atoms with Gasteiger partial charge < -0.3 is 5.73 Å². The Kier molecular flexibility index (Phi) is 5.32. The van der Waals surface area contributed by atoms with Crippen LogP contribution in [0.25, 0.3) is 0 Å². The molecule has 0 aliphatic heterocycles. The molecule has 0 radical (unpaired) electrons. The lowest BCUT2D eigenvalue weighted by Crippen LogP contribution is -2.49. The Morgan fingerprint density at radius 2 is 1.78 bits per heavy atom. The third kappa shape index (κ3) is 4.55. The summed E-state index contributed by atoms with van der Waals surface area (Å²) < 4.78 is 0. The Morgan fingerprint density at radius 1 is 1.17 bits per heavy atom. The van der Waals surface area contributed by atoms with E-state index in [4.69, 9.17) is 5.73 Å². The van der Waals surface area contributed by atoms with E-state index < -0.39 is 6.04 Å². The van der Waals surface area contributed by atoms with Crippen molar-refractivity contribution >= 4 is 11.8 Å². The first kappa shape index (κ1) is 14.2. The maximum absolute atomic E-state index is 11.6. The summed E-state index contributed by atoms with van der Waals surface area (Å²) in [6.45, 7) is 3.96. The Balaban J connectivity index is 2.41. The van der Waals surface area contributed by atoms with Gasteiger partial charge >= 0.3 is 0 Å². The molecule has 0 fully saturated rings. The third-order valence-corrected chi connectivity index (χ3v) is 2.40. The standard InChI is InChI=1S/C13H19N3O2/c1-9(2)8-11(14)13(18)16-15-12(17)10-6-4-3-5-7-10/h3-7,9,11H,8,14H2,1-2H3,(H,15,17)(H,16,18). The molecule has 1 aromatic rings. The van der Waals surface area contributed by atoms with Crippen molar-refractivity contribution in [3.8, 4) is 0 Å². The molecule has 0 bridgehead atoms. The van der Waals surface area contributed by atoms with E-state index in [2.05, 4.69) is 10.9 Å². The van der Waals surface area contributed by atoms with Crippen LogP contribution in [0, 0.1) is 5.92 Å². The van der Waals surface area contributed by atoms with E-state index in [9.17, 15) is 9.59 Å². The number of benzene rings is 1. The molecule has 18 heavy (non-hydrogen) atoms. The quantitative estimate of drug-likeness (QED) is 0.691. The van der Waals surface area contributed by atoms with Gasteiger partial charge in [0.05, 0.1) is 6.04 Å². The third-order valence-electron chi connectivity index (χ3n) is 2.40. The number of nitrogens with two attached hydrogens (primary N) is 1. The molecule has 1 unspecified atom stereocenters. The predicted molar refractivity (Wildman–Crippen MR) is 69.5 cm³/mol. The van der Waals surface area contributed by atoms with Gasteiger partial charge in [-0.2, -0.15) is 0 Å². The highest BCUT2D eigenvalue weighted by atomic mass is 16.2. The second kappa shape index (κ2) is 6.76. The first-order chi connectivity index (χ1) is 8.50.